The molecule has 0 bridgehead atoms. The molecule has 0 amide bonds. The zero-order valence-corrected chi connectivity index (χ0v) is 20.7. The van der Waals surface area contributed by atoms with Crippen molar-refractivity contribution in [1.29, 1.82) is 0 Å². The Morgan fingerprint density at radius 3 is 2.38 bits per heavy atom. The molecule has 13 heteroatoms. The summed E-state index contributed by atoms with van der Waals surface area (Å²) in [5.41, 5.74) is -0.210. The van der Waals surface area contributed by atoms with Gasteiger partial charge >= 0.3 is 12.1 Å². The summed E-state index contributed by atoms with van der Waals surface area (Å²) in [5.74, 6) is -0.138. The molecule has 0 radical (unpaired) electrons. The highest BCUT2D eigenvalue weighted by Crippen LogP contribution is 2.37. The average molecular weight is 541 g/mol. The molecule has 2 heterocycles. The first-order valence-corrected chi connectivity index (χ1v) is 11.6. The molecule has 9 nitrogen and oxygen atoms in total. The van der Waals surface area contributed by atoms with E-state index in [1.807, 2.05) is 0 Å². The average Bonchev–Trinajstić information content (AvgIpc) is 3.09. The van der Waals surface area contributed by atoms with Gasteiger partial charge in [0.2, 0.25) is 0 Å². The Morgan fingerprint density at radius 1 is 1.05 bits per heavy atom. The highest BCUT2D eigenvalue weighted by Gasteiger charge is 2.41. The molecule has 2 aromatic carbocycles. The minimum Gasteiger partial charge on any atom is -0.452 e. The number of aliphatic hydroxyl groups is 1. The van der Waals surface area contributed by atoms with Gasteiger partial charge in [-0.25, -0.2) is 4.79 Å². The van der Waals surface area contributed by atoms with Crippen LogP contribution in [0.3, 0.4) is 0 Å². The van der Waals surface area contributed by atoms with Crippen LogP contribution in [0.2, 0.25) is 5.02 Å². The molecule has 1 aliphatic rings. The summed E-state index contributed by atoms with van der Waals surface area (Å²) in [6, 6.07) is 11.9. The quantitative estimate of drug-likeness (QED) is 0.469. The van der Waals surface area contributed by atoms with Gasteiger partial charge in [0.25, 0.3) is 11.9 Å². The first-order chi connectivity index (χ1) is 17.5. The maximum absolute atomic E-state index is 13.5. The van der Waals surface area contributed by atoms with Crippen molar-refractivity contribution in [2.45, 2.75) is 32.2 Å². The Labute approximate surface area is 214 Å². The van der Waals surface area contributed by atoms with Gasteiger partial charge < -0.3 is 24.4 Å². The fraction of sp³-hybridized carbons (Fsp3) is 0.333. The van der Waals surface area contributed by atoms with E-state index in [-0.39, 0.29) is 43.4 Å². The Morgan fingerprint density at radius 2 is 1.73 bits per heavy atom. The molecule has 1 N–H and O–H groups in total. The normalized spacial score (nSPS) is 15.2. The Bertz CT molecular complexity index is 1390. The van der Waals surface area contributed by atoms with Gasteiger partial charge in [-0.15, -0.1) is 13.2 Å². The van der Waals surface area contributed by atoms with Gasteiger partial charge in [0, 0.05) is 44.9 Å². The second-order valence-corrected chi connectivity index (χ2v) is 8.82. The van der Waals surface area contributed by atoms with Gasteiger partial charge in [-0.2, -0.15) is 0 Å². The van der Waals surface area contributed by atoms with Gasteiger partial charge in [0.05, 0.1) is 0 Å². The van der Waals surface area contributed by atoms with Crippen LogP contribution in [-0.2, 0) is 20.1 Å². The number of aliphatic hydroxyl groups excluding tert-OH is 1. The van der Waals surface area contributed by atoms with Crippen molar-refractivity contribution in [3.05, 3.63) is 80.0 Å². The SMILES string of the molecule is CN1c2c(c(=O)n(CCCO)c(=O)n2C)N(Cc2ccc(Cl)cc2)C1Oc1cccc(OC(F)(F)F)c1. The molecule has 0 saturated heterocycles. The summed E-state index contributed by atoms with van der Waals surface area (Å²) in [4.78, 5) is 29.7. The number of anilines is 2. The number of hydrogen-bond acceptors (Lipinski definition) is 7. The van der Waals surface area contributed by atoms with Crippen molar-refractivity contribution in [2.24, 2.45) is 7.05 Å². The van der Waals surface area contributed by atoms with Crippen molar-refractivity contribution in [3.8, 4) is 11.5 Å². The predicted octanol–water partition coefficient (Wildman–Crippen LogP) is 3.30. The number of benzene rings is 2. The van der Waals surface area contributed by atoms with Crippen molar-refractivity contribution < 1.29 is 27.8 Å². The third-order valence-corrected chi connectivity index (χ3v) is 6.05. The maximum Gasteiger partial charge on any atom is 0.573 e. The molecular weight excluding hydrogens is 517 g/mol. The lowest BCUT2D eigenvalue weighted by Crippen LogP contribution is -2.46. The second-order valence-electron chi connectivity index (χ2n) is 8.38. The molecule has 0 aliphatic carbocycles. The van der Waals surface area contributed by atoms with Gasteiger partial charge in [-0.3, -0.25) is 13.9 Å². The Hall–Kier alpha value is -3.64. The van der Waals surface area contributed by atoms with Crippen molar-refractivity contribution in [2.75, 3.05) is 23.5 Å². The number of aromatic nitrogens is 2. The fourth-order valence-corrected chi connectivity index (χ4v) is 4.32. The number of hydrogen-bond donors (Lipinski definition) is 1. The topological polar surface area (TPSA) is 89.2 Å². The molecule has 198 valence electrons. The summed E-state index contributed by atoms with van der Waals surface area (Å²) in [6.45, 7) is -0.0371. The van der Waals surface area contributed by atoms with E-state index in [0.29, 0.717) is 5.02 Å². The zero-order valence-electron chi connectivity index (χ0n) is 19.9. The van der Waals surface area contributed by atoms with E-state index < -0.39 is 29.7 Å². The predicted molar refractivity (Wildman–Crippen MR) is 131 cm³/mol. The van der Waals surface area contributed by atoms with Crippen molar-refractivity contribution >= 4 is 23.1 Å². The Kier molecular flexibility index (Phi) is 7.42. The highest BCUT2D eigenvalue weighted by atomic mass is 35.5. The van der Waals surface area contributed by atoms with E-state index in [2.05, 4.69) is 4.74 Å². The van der Waals surface area contributed by atoms with Gasteiger partial charge in [-0.05, 0) is 36.2 Å². The monoisotopic (exact) mass is 540 g/mol. The van der Waals surface area contributed by atoms with Crippen LogP contribution in [-0.4, -0.2) is 40.6 Å². The zero-order chi connectivity index (χ0) is 26.9. The number of alkyl halides is 3. The third-order valence-electron chi connectivity index (χ3n) is 5.80. The van der Waals surface area contributed by atoms with E-state index in [1.165, 1.54) is 23.7 Å². The van der Waals surface area contributed by atoms with Gasteiger partial charge in [0.1, 0.15) is 23.0 Å². The fourth-order valence-electron chi connectivity index (χ4n) is 4.20. The largest absolute Gasteiger partial charge is 0.573 e. The van der Waals surface area contributed by atoms with Crippen LogP contribution in [0.5, 0.6) is 11.5 Å². The van der Waals surface area contributed by atoms with E-state index >= 15 is 0 Å². The van der Waals surface area contributed by atoms with E-state index in [9.17, 15) is 27.9 Å². The van der Waals surface area contributed by atoms with Crippen molar-refractivity contribution in [1.82, 2.24) is 9.13 Å². The summed E-state index contributed by atoms with van der Waals surface area (Å²) >= 11 is 6.01. The van der Waals surface area contributed by atoms with Crippen LogP contribution >= 0.6 is 11.6 Å². The second kappa shape index (κ2) is 10.4. The molecule has 1 unspecified atom stereocenters. The summed E-state index contributed by atoms with van der Waals surface area (Å²) in [7, 11) is 3.12. The standard InChI is InChI=1S/C24H24ClF3N4O5/c1-29-20-19(21(34)31(22(29)35)11-4-12-33)32(14-15-7-9-16(25)10-8-15)23(30(20)2)36-17-5-3-6-18(13-17)37-24(26,27)28/h3,5-10,13,23,33H,4,11-12,14H2,1-2H3. The maximum atomic E-state index is 13.5. The Balaban J connectivity index is 1.79. The number of ether oxygens (including phenoxy) is 2. The van der Waals surface area contributed by atoms with Gasteiger partial charge in [0.15, 0.2) is 0 Å². The minimum absolute atomic E-state index is 0.0101. The first kappa shape index (κ1) is 26.4. The summed E-state index contributed by atoms with van der Waals surface area (Å²) in [5, 5.41) is 9.75. The van der Waals surface area contributed by atoms with Gasteiger partial charge in [-0.1, -0.05) is 29.8 Å². The van der Waals surface area contributed by atoms with E-state index in [0.717, 1.165) is 22.3 Å². The molecule has 0 spiro atoms. The van der Waals surface area contributed by atoms with Crippen molar-refractivity contribution in [3.63, 3.8) is 0 Å². The lowest BCUT2D eigenvalue weighted by molar-refractivity contribution is -0.274. The molecule has 0 fully saturated rings. The summed E-state index contributed by atoms with van der Waals surface area (Å²) < 4.78 is 50.6. The highest BCUT2D eigenvalue weighted by molar-refractivity contribution is 6.30. The molecule has 0 saturated carbocycles. The molecule has 4 rings (SSSR count). The van der Waals surface area contributed by atoms with Crippen LogP contribution in [0.15, 0.2) is 58.1 Å². The van der Waals surface area contributed by atoms with E-state index in [1.54, 1.807) is 41.1 Å². The first-order valence-electron chi connectivity index (χ1n) is 11.2. The van der Waals surface area contributed by atoms with Crippen LogP contribution in [0.25, 0.3) is 0 Å². The smallest absolute Gasteiger partial charge is 0.452 e. The molecule has 37 heavy (non-hydrogen) atoms. The molecule has 3 aromatic rings. The molecule has 1 aliphatic heterocycles. The molecule has 1 aromatic heterocycles. The van der Waals surface area contributed by atoms with Crippen LogP contribution in [0.4, 0.5) is 24.7 Å². The number of rotatable bonds is 8. The van der Waals surface area contributed by atoms with Crippen LogP contribution in [0.1, 0.15) is 12.0 Å². The lowest BCUT2D eigenvalue weighted by atomic mass is 10.2. The lowest BCUT2D eigenvalue weighted by Gasteiger charge is -2.30. The van der Waals surface area contributed by atoms with Crippen LogP contribution < -0.4 is 30.5 Å². The summed E-state index contributed by atoms with van der Waals surface area (Å²) in [6.07, 6.45) is -5.68. The molecule has 1 atom stereocenters. The minimum atomic E-state index is -4.88. The number of halogens is 4. The number of nitrogens with zero attached hydrogens (tertiary/aromatic N) is 4. The number of fused-ring (bicyclic) bond motifs is 1. The van der Waals surface area contributed by atoms with E-state index in [4.69, 9.17) is 16.3 Å². The third kappa shape index (κ3) is 5.54. The molecular formula is C24H24ClF3N4O5. The van der Waals surface area contributed by atoms with Crippen LogP contribution in [0, 0.1) is 0 Å².